The second-order valence-electron chi connectivity index (χ2n) is 7.22. The largest absolute Gasteiger partial charge is 0.366 e. The van der Waals surface area contributed by atoms with Crippen molar-refractivity contribution >= 4 is 23.1 Å². The second-order valence-corrected chi connectivity index (χ2v) is 7.22. The van der Waals surface area contributed by atoms with Crippen molar-refractivity contribution in [3.8, 4) is 0 Å². The highest BCUT2D eigenvalue weighted by atomic mass is 19.1. The molecule has 4 rings (SSSR count). The third kappa shape index (κ3) is 4.16. The highest BCUT2D eigenvalue weighted by molar-refractivity contribution is 5.61. The molecule has 5 nitrogen and oxygen atoms in total. The fraction of sp³-hybridized carbons (Fsp3) is 0.304. The molecule has 29 heavy (non-hydrogen) atoms. The molecule has 0 N–H and O–H groups in total. The van der Waals surface area contributed by atoms with Crippen molar-refractivity contribution in [2.45, 2.75) is 13.8 Å². The lowest BCUT2D eigenvalue weighted by Gasteiger charge is -2.36. The van der Waals surface area contributed by atoms with Crippen LogP contribution in [-0.2, 0) is 0 Å². The van der Waals surface area contributed by atoms with Gasteiger partial charge < -0.3 is 14.7 Å². The first kappa shape index (κ1) is 19.2. The number of aryl methyl sites for hydroxylation is 1. The van der Waals surface area contributed by atoms with Gasteiger partial charge in [0.05, 0.1) is 5.69 Å². The van der Waals surface area contributed by atoms with E-state index in [0.29, 0.717) is 5.69 Å². The van der Waals surface area contributed by atoms with Gasteiger partial charge in [0, 0.05) is 44.6 Å². The predicted molar refractivity (Wildman–Crippen MR) is 117 cm³/mol. The molecular formula is C23H26FN5. The molecule has 0 unspecified atom stereocenters. The molecule has 6 heteroatoms. The first-order chi connectivity index (χ1) is 14.2. The number of anilines is 4. The number of piperazine rings is 1. The van der Waals surface area contributed by atoms with Gasteiger partial charge in [-0.25, -0.2) is 9.37 Å². The highest BCUT2D eigenvalue weighted by Gasteiger charge is 2.21. The first-order valence-electron chi connectivity index (χ1n) is 10.1. The van der Waals surface area contributed by atoms with Crippen LogP contribution in [0.1, 0.15) is 12.5 Å². The van der Waals surface area contributed by atoms with Gasteiger partial charge >= 0.3 is 0 Å². The van der Waals surface area contributed by atoms with Crippen LogP contribution in [0.2, 0.25) is 0 Å². The molecule has 0 spiro atoms. The van der Waals surface area contributed by atoms with E-state index in [9.17, 15) is 4.39 Å². The molecule has 0 bridgehead atoms. The quantitative estimate of drug-likeness (QED) is 0.644. The van der Waals surface area contributed by atoms with E-state index in [0.717, 1.165) is 50.2 Å². The number of halogens is 1. The summed E-state index contributed by atoms with van der Waals surface area (Å²) < 4.78 is 14.1. The highest BCUT2D eigenvalue weighted by Crippen LogP contribution is 2.26. The predicted octanol–water partition coefficient (Wildman–Crippen LogP) is 4.41. The standard InChI is InChI=1S/C23H26FN5/c1-3-29(19-8-6-7-18(2)17-19)22-11-12-25-23(26-22)28-15-13-27(14-16-28)21-10-5-4-9-20(21)24/h4-12,17H,3,13-16H2,1-2H3. The summed E-state index contributed by atoms with van der Waals surface area (Å²) in [6.45, 7) is 8.03. The minimum absolute atomic E-state index is 0.170. The maximum atomic E-state index is 14.1. The van der Waals surface area contributed by atoms with Crippen LogP contribution in [0.5, 0.6) is 0 Å². The van der Waals surface area contributed by atoms with Gasteiger partial charge in [-0.05, 0) is 49.7 Å². The van der Waals surface area contributed by atoms with E-state index >= 15 is 0 Å². The zero-order chi connectivity index (χ0) is 20.2. The Labute approximate surface area is 171 Å². The minimum atomic E-state index is -0.170. The lowest BCUT2D eigenvalue weighted by atomic mass is 10.2. The van der Waals surface area contributed by atoms with Crippen molar-refractivity contribution in [3.63, 3.8) is 0 Å². The van der Waals surface area contributed by atoms with Gasteiger partial charge in [0.1, 0.15) is 11.6 Å². The third-order valence-corrected chi connectivity index (χ3v) is 5.29. The molecule has 0 saturated carbocycles. The SMILES string of the molecule is CCN(c1cccc(C)c1)c1ccnc(N2CCN(c3ccccc3F)CC2)n1. The Hall–Kier alpha value is -3.15. The number of hydrogen-bond donors (Lipinski definition) is 0. The molecule has 0 aliphatic carbocycles. The van der Waals surface area contributed by atoms with Gasteiger partial charge in [0.2, 0.25) is 5.95 Å². The third-order valence-electron chi connectivity index (χ3n) is 5.29. The average Bonchev–Trinajstić information content (AvgIpc) is 2.75. The van der Waals surface area contributed by atoms with Crippen LogP contribution in [0.3, 0.4) is 0 Å². The van der Waals surface area contributed by atoms with E-state index in [1.807, 2.05) is 24.4 Å². The van der Waals surface area contributed by atoms with E-state index in [4.69, 9.17) is 4.98 Å². The molecule has 2 aromatic carbocycles. The molecule has 2 heterocycles. The summed E-state index contributed by atoms with van der Waals surface area (Å²) in [5.74, 6) is 1.44. The first-order valence-corrected chi connectivity index (χ1v) is 10.1. The van der Waals surface area contributed by atoms with Gasteiger partial charge in [-0.1, -0.05) is 24.3 Å². The lowest BCUT2D eigenvalue weighted by Crippen LogP contribution is -2.47. The van der Waals surface area contributed by atoms with Gasteiger partial charge in [0.15, 0.2) is 0 Å². The van der Waals surface area contributed by atoms with Crippen LogP contribution < -0.4 is 14.7 Å². The summed E-state index contributed by atoms with van der Waals surface area (Å²) in [6, 6.07) is 17.3. The van der Waals surface area contributed by atoms with Crippen molar-refractivity contribution in [2.24, 2.45) is 0 Å². The molecule has 1 aliphatic heterocycles. The molecule has 1 fully saturated rings. The fourth-order valence-electron chi connectivity index (χ4n) is 3.77. The Morgan fingerprint density at radius 3 is 2.45 bits per heavy atom. The molecule has 1 saturated heterocycles. The van der Waals surface area contributed by atoms with Crippen LogP contribution >= 0.6 is 0 Å². The maximum absolute atomic E-state index is 14.1. The molecule has 1 aliphatic rings. The number of rotatable bonds is 5. The van der Waals surface area contributed by atoms with Gasteiger partial charge in [0.25, 0.3) is 0 Å². The fourth-order valence-corrected chi connectivity index (χ4v) is 3.77. The molecule has 150 valence electrons. The summed E-state index contributed by atoms with van der Waals surface area (Å²) in [4.78, 5) is 15.8. The monoisotopic (exact) mass is 391 g/mol. The Morgan fingerprint density at radius 2 is 1.72 bits per heavy atom. The van der Waals surface area contributed by atoms with Crippen LogP contribution in [0.15, 0.2) is 60.8 Å². The molecule has 3 aromatic rings. The second kappa shape index (κ2) is 8.47. The van der Waals surface area contributed by atoms with E-state index in [1.54, 1.807) is 6.07 Å². The summed E-state index contributed by atoms with van der Waals surface area (Å²) in [5.41, 5.74) is 3.01. The van der Waals surface area contributed by atoms with Gasteiger partial charge in [-0.2, -0.15) is 4.98 Å². The lowest BCUT2D eigenvalue weighted by molar-refractivity contribution is 0.594. The van der Waals surface area contributed by atoms with E-state index < -0.39 is 0 Å². The maximum Gasteiger partial charge on any atom is 0.227 e. The van der Waals surface area contributed by atoms with Crippen LogP contribution in [0.4, 0.5) is 27.5 Å². The van der Waals surface area contributed by atoms with Crippen molar-refractivity contribution in [3.05, 3.63) is 72.2 Å². The molecule has 0 atom stereocenters. The molecular weight excluding hydrogens is 365 g/mol. The van der Waals surface area contributed by atoms with Crippen molar-refractivity contribution in [1.29, 1.82) is 0 Å². The average molecular weight is 391 g/mol. The van der Waals surface area contributed by atoms with E-state index in [-0.39, 0.29) is 5.82 Å². The van der Waals surface area contributed by atoms with Crippen LogP contribution in [-0.4, -0.2) is 42.7 Å². The normalized spacial score (nSPS) is 14.2. The van der Waals surface area contributed by atoms with Gasteiger partial charge in [-0.15, -0.1) is 0 Å². The van der Waals surface area contributed by atoms with Crippen molar-refractivity contribution < 1.29 is 4.39 Å². The number of benzene rings is 2. The Morgan fingerprint density at radius 1 is 0.966 bits per heavy atom. The zero-order valence-electron chi connectivity index (χ0n) is 16.9. The minimum Gasteiger partial charge on any atom is -0.366 e. The summed E-state index contributed by atoms with van der Waals surface area (Å²) in [6.07, 6.45) is 1.82. The smallest absolute Gasteiger partial charge is 0.227 e. The van der Waals surface area contributed by atoms with Gasteiger partial charge in [-0.3, -0.25) is 0 Å². The summed E-state index contributed by atoms with van der Waals surface area (Å²) >= 11 is 0. The van der Waals surface area contributed by atoms with Crippen molar-refractivity contribution in [1.82, 2.24) is 9.97 Å². The molecule has 0 amide bonds. The molecule has 0 radical (unpaired) electrons. The summed E-state index contributed by atoms with van der Waals surface area (Å²) in [5, 5.41) is 0. The number of para-hydroxylation sites is 1. The van der Waals surface area contributed by atoms with E-state index in [1.165, 1.54) is 11.6 Å². The number of hydrogen-bond acceptors (Lipinski definition) is 5. The van der Waals surface area contributed by atoms with E-state index in [2.05, 4.69) is 57.8 Å². The van der Waals surface area contributed by atoms with Crippen molar-refractivity contribution in [2.75, 3.05) is 47.4 Å². The zero-order valence-corrected chi connectivity index (χ0v) is 16.9. The number of aromatic nitrogens is 2. The topological polar surface area (TPSA) is 35.5 Å². The Balaban J connectivity index is 1.50. The Bertz CT molecular complexity index is 969. The summed E-state index contributed by atoms with van der Waals surface area (Å²) in [7, 11) is 0. The number of nitrogens with zero attached hydrogens (tertiary/aromatic N) is 5. The molecule has 1 aromatic heterocycles. The van der Waals surface area contributed by atoms with Crippen LogP contribution in [0.25, 0.3) is 0 Å². The Kier molecular flexibility index (Phi) is 5.60. The van der Waals surface area contributed by atoms with Crippen LogP contribution in [0, 0.1) is 12.7 Å².